The number of hydrogen-bond donors (Lipinski definition) is 1. The van der Waals surface area contributed by atoms with Gasteiger partial charge in [0.2, 0.25) is 0 Å². The second-order valence-electron chi connectivity index (χ2n) is 5.38. The van der Waals surface area contributed by atoms with Gasteiger partial charge >= 0.3 is 5.97 Å². The lowest BCUT2D eigenvalue weighted by Gasteiger charge is -2.13. The Labute approximate surface area is 141 Å². The predicted molar refractivity (Wildman–Crippen MR) is 92.5 cm³/mol. The highest BCUT2D eigenvalue weighted by Crippen LogP contribution is 2.21. The van der Waals surface area contributed by atoms with E-state index in [1.165, 1.54) is 0 Å². The standard InChI is InChI=1S/C19H21NO4/c1-4-24-20-18(19(21)22)16-8-6-5-7-15(16)12-23-17-11-13(2)9-10-14(17)3/h5-11H,4,12H2,1-3H3,(H,21,22)/b20-18-. The summed E-state index contributed by atoms with van der Waals surface area (Å²) in [5.41, 5.74) is 3.23. The predicted octanol–water partition coefficient (Wildman–Crippen LogP) is 3.71. The third-order valence-electron chi connectivity index (χ3n) is 3.49. The van der Waals surface area contributed by atoms with E-state index in [1.54, 1.807) is 19.1 Å². The Bertz CT molecular complexity index is 753. The van der Waals surface area contributed by atoms with Crippen LogP contribution in [0.1, 0.15) is 29.2 Å². The number of aliphatic carboxylic acids is 1. The van der Waals surface area contributed by atoms with Crippen molar-refractivity contribution in [2.45, 2.75) is 27.4 Å². The van der Waals surface area contributed by atoms with Crippen molar-refractivity contribution in [2.75, 3.05) is 6.61 Å². The second-order valence-corrected chi connectivity index (χ2v) is 5.38. The molecule has 0 aliphatic rings. The average molecular weight is 327 g/mol. The summed E-state index contributed by atoms with van der Waals surface area (Å²) in [5, 5.41) is 13.1. The summed E-state index contributed by atoms with van der Waals surface area (Å²) >= 11 is 0. The molecule has 0 aromatic heterocycles. The van der Waals surface area contributed by atoms with Crippen LogP contribution in [-0.4, -0.2) is 23.4 Å². The molecule has 0 amide bonds. The molecule has 0 saturated heterocycles. The summed E-state index contributed by atoms with van der Waals surface area (Å²) < 4.78 is 5.89. The Balaban J connectivity index is 2.28. The molecule has 0 saturated carbocycles. The van der Waals surface area contributed by atoms with E-state index >= 15 is 0 Å². The maximum Gasteiger partial charge on any atom is 0.358 e. The largest absolute Gasteiger partial charge is 0.489 e. The monoisotopic (exact) mass is 327 g/mol. The minimum atomic E-state index is -1.14. The second kappa shape index (κ2) is 8.15. The molecule has 0 fully saturated rings. The van der Waals surface area contributed by atoms with E-state index in [1.807, 2.05) is 44.2 Å². The number of rotatable bonds is 7. The van der Waals surface area contributed by atoms with Crippen LogP contribution in [0, 0.1) is 13.8 Å². The van der Waals surface area contributed by atoms with Crippen LogP contribution in [-0.2, 0) is 16.2 Å². The third kappa shape index (κ3) is 4.35. The van der Waals surface area contributed by atoms with E-state index in [4.69, 9.17) is 9.57 Å². The molecular weight excluding hydrogens is 306 g/mol. The fourth-order valence-corrected chi connectivity index (χ4v) is 2.23. The van der Waals surface area contributed by atoms with Crippen LogP contribution in [0.4, 0.5) is 0 Å². The normalized spacial score (nSPS) is 11.2. The first-order valence-electron chi connectivity index (χ1n) is 7.74. The van der Waals surface area contributed by atoms with Gasteiger partial charge in [-0.3, -0.25) is 0 Å². The molecule has 5 nitrogen and oxygen atoms in total. The molecule has 2 rings (SSSR count). The molecular formula is C19H21NO4. The molecule has 0 atom stereocenters. The van der Waals surface area contributed by atoms with Gasteiger partial charge in [0.05, 0.1) is 0 Å². The fourth-order valence-electron chi connectivity index (χ4n) is 2.23. The molecule has 0 heterocycles. The van der Waals surface area contributed by atoms with Crippen molar-refractivity contribution >= 4 is 11.7 Å². The Kier molecular flexibility index (Phi) is 5.95. The SMILES string of the molecule is CCO/N=C(\C(=O)O)c1ccccc1COc1cc(C)ccc1C. The van der Waals surface area contributed by atoms with Crippen molar-refractivity contribution in [3.63, 3.8) is 0 Å². The maximum atomic E-state index is 11.5. The van der Waals surface area contributed by atoms with Crippen molar-refractivity contribution in [1.82, 2.24) is 0 Å². The summed E-state index contributed by atoms with van der Waals surface area (Å²) in [7, 11) is 0. The van der Waals surface area contributed by atoms with Crippen molar-refractivity contribution in [2.24, 2.45) is 5.16 Å². The lowest BCUT2D eigenvalue weighted by Crippen LogP contribution is -2.18. The van der Waals surface area contributed by atoms with Crippen LogP contribution in [0.3, 0.4) is 0 Å². The van der Waals surface area contributed by atoms with Gasteiger partial charge in [-0.1, -0.05) is 41.6 Å². The maximum absolute atomic E-state index is 11.5. The number of aryl methyl sites for hydroxylation is 2. The molecule has 24 heavy (non-hydrogen) atoms. The molecule has 2 aromatic carbocycles. The van der Waals surface area contributed by atoms with Crippen LogP contribution >= 0.6 is 0 Å². The smallest absolute Gasteiger partial charge is 0.358 e. The summed E-state index contributed by atoms with van der Waals surface area (Å²) in [5.74, 6) is -0.355. The van der Waals surface area contributed by atoms with E-state index < -0.39 is 5.97 Å². The first-order valence-corrected chi connectivity index (χ1v) is 7.74. The minimum absolute atomic E-state index is 0.128. The quantitative estimate of drug-likeness (QED) is 0.622. The third-order valence-corrected chi connectivity index (χ3v) is 3.49. The number of benzene rings is 2. The van der Waals surface area contributed by atoms with Crippen LogP contribution in [0.2, 0.25) is 0 Å². The Morgan fingerprint density at radius 2 is 1.92 bits per heavy atom. The van der Waals surface area contributed by atoms with E-state index in [9.17, 15) is 9.90 Å². The highest BCUT2D eigenvalue weighted by atomic mass is 16.6. The van der Waals surface area contributed by atoms with Crippen LogP contribution in [0.25, 0.3) is 0 Å². The highest BCUT2D eigenvalue weighted by Gasteiger charge is 2.17. The van der Waals surface area contributed by atoms with Gasteiger partial charge in [-0.2, -0.15) is 0 Å². The number of carboxylic acids is 1. The average Bonchev–Trinajstić information content (AvgIpc) is 2.56. The lowest BCUT2D eigenvalue weighted by molar-refractivity contribution is -0.129. The van der Waals surface area contributed by atoms with Gasteiger partial charge < -0.3 is 14.7 Å². The van der Waals surface area contributed by atoms with Crippen molar-refractivity contribution in [1.29, 1.82) is 0 Å². The fraction of sp³-hybridized carbons (Fsp3) is 0.263. The van der Waals surface area contributed by atoms with Crippen molar-refractivity contribution < 1.29 is 19.5 Å². The summed E-state index contributed by atoms with van der Waals surface area (Å²) in [6.45, 7) is 6.27. The molecule has 1 N–H and O–H groups in total. The highest BCUT2D eigenvalue weighted by molar-refractivity contribution is 6.42. The Hall–Kier alpha value is -2.82. The number of ether oxygens (including phenoxy) is 1. The van der Waals surface area contributed by atoms with Gasteiger partial charge in [0, 0.05) is 5.56 Å². The summed E-state index contributed by atoms with van der Waals surface area (Å²) in [6.07, 6.45) is 0. The number of carboxylic acid groups (broad SMARTS) is 1. The molecule has 0 radical (unpaired) electrons. The van der Waals surface area contributed by atoms with E-state index in [2.05, 4.69) is 5.16 Å². The Morgan fingerprint density at radius 1 is 1.17 bits per heavy atom. The minimum Gasteiger partial charge on any atom is -0.489 e. The number of nitrogens with zero attached hydrogens (tertiary/aromatic N) is 1. The van der Waals surface area contributed by atoms with Gasteiger partial charge in [-0.05, 0) is 43.5 Å². The molecule has 0 bridgehead atoms. The topological polar surface area (TPSA) is 68.1 Å². The Morgan fingerprint density at radius 3 is 2.62 bits per heavy atom. The molecule has 2 aromatic rings. The number of hydrogen-bond acceptors (Lipinski definition) is 4. The zero-order valence-corrected chi connectivity index (χ0v) is 14.1. The lowest BCUT2D eigenvalue weighted by atomic mass is 10.0. The molecule has 0 aliphatic heterocycles. The summed E-state index contributed by atoms with van der Waals surface area (Å²) in [4.78, 5) is 16.4. The molecule has 126 valence electrons. The molecule has 0 aliphatic carbocycles. The first kappa shape index (κ1) is 17.5. The van der Waals surface area contributed by atoms with Crippen LogP contribution in [0.15, 0.2) is 47.6 Å². The van der Waals surface area contributed by atoms with E-state index in [0.717, 1.165) is 22.4 Å². The van der Waals surface area contributed by atoms with Crippen molar-refractivity contribution in [3.05, 3.63) is 64.7 Å². The van der Waals surface area contributed by atoms with E-state index in [-0.39, 0.29) is 12.3 Å². The molecule has 0 unspecified atom stereocenters. The first-order chi connectivity index (χ1) is 11.5. The van der Waals surface area contributed by atoms with Gasteiger partial charge in [0.25, 0.3) is 0 Å². The zero-order valence-electron chi connectivity index (χ0n) is 14.1. The number of oxime groups is 1. The molecule has 5 heteroatoms. The van der Waals surface area contributed by atoms with Gasteiger partial charge in [-0.25, -0.2) is 4.79 Å². The van der Waals surface area contributed by atoms with Gasteiger partial charge in [-0.15, -0.1) is 0 Å². The number of carbonyl (C=O) groups is 1. The van der Waals surface area contributed by atoms with Crippen molar-refractivity contribution in [3.8, 4) is 5.75 Å². The van der Waals surface area contributed by atoms with E-state index in [0.29, 0.717) is 12.2 Å². The van der Waals surface area contributed by atoms with Gasteiger partial charge in [0.15, 0.2) is 5.71 Å². The summed E-state index contributed by atoms with van der Waals surface area (Å²) in [6, 6.07) is 13.1. The molecule has 0 spiro atoms. The van der Waals surface area contributed by atoms with Crippen LogP contribution in [0.5, 0.6) is 5.75 Å². The van der Waals surface area contributed by atoms with Gasteiger partial charge in [0.1, 0.15) is 19.0 Å². The van der Waals surface area contributed by atoms with Crippen LogP contribution < -0.4 is 4.74 Å². The zero-order chi connectivity index (χ0) is 17.5.